The van der Waals surface area contributed by atoms with Crippen molar-refractivity contribution in [3.05, 3.63) is 39.8 Å². The van der Waals surface area contributed by atoms with E-state index in [-0.39, 0.29) is 0 Å². The van der Waals surface area contributed by atoms with Gasteiger partial charge in [-0.2, -0.15) is 16.4 Å². The summed E-state index contributed by atoms with van der Waals surface area (Å²) >= 11 is 1.74. The summed E-state index contributed by atoms with van der Waals surface area (Å²) in [7, 11) is 2.00. The lowest BCUT2D eigenvalue weighted by molar-refractivity contribution is 0.624. The molecule has 0 spiro atoms. The molecular formula is C12H17N3S. The minimum atomic E-state index is 0.874. The Morgan fingerprint density at radius 1 is 1.44 bits per heavy atom. The Balaban J connectivity index is 1.87. The minimum absolute atomic E-state index is 0.874. The maximum atomic E-state index is 4.42. The van der Waals surface area contributed by atoms with E-state index >= 15 is 0 Å². The number of nitrogens with one attached hydrogen (secondary N) is 1. The molecule has 0 aliphatic rings. The summed E-state index contributed by atoms with van der Waals surface area (Å²) in [5, 5.41) is 12.1. The Morgan fingerprint density at radius 2 is 2.31 bits per heavy atom. The summed E-state index contributed by atoms with van der Waals surface area (Å²) < 4.78 is 1.96. The molecule has 0 atom stereocenters. The van der Waals surface area contributed by atoms with Crippen molar-refractivity contribution in [1.29, 1.82) is 0 Å². The van der Waals surface area contributed by atoms with Crippen LogP contribution in [0.4, 0.5) is 0 Å². The van der Waals surface area contributed by atoms with E-state index < -0.39 is 0 Å². The quantitative estimate of drug-likeness (QED) is 0.862. The zero-order valence-electron chi connectivity index (χ0n) is 9.73. The zero-order chi connectivity index (χ0) is 11.4. The van der Waals surface area contributed by atoms with Gasteiger partial charge in [-0.05, 0) is 34.9 Å². The van der Waals surface area contributed by atoms with Crippen molar-refractivity contribution in [2.75, 3.05) is 0 Å². The van der Waals surface area contributed by atoms with Gasteiger partial charge < -0.3 is 5.32 Å². The number of rotatable bonds is 5. The fourth-order valence-electron chi connectivity index (χ4n) is 1.64. The monoisotopic (exact) mass is 235 g/mol. The second-order valence-electron chi connectivity index (χ2n) is 3.84. The predicted molar refractivity (Wildman–Crippen MR) is 67.4 cm³/mol. The van der Waals surface area contributed by atoms with Crippen LogP contribution in [0.25, 0.3) is 0 Å². The van der Waals surface area contributed by atoms with Gasteiger partial charge in [0.15, 0.2) is 0 Å². The molecule has 0 radical (unpaired) electrons. The van der Waals surface area contributed by atoms with E-state index in [2.05, 4.69) is 40.2 Å². The van der Waals surface area contributed by atoms with E-state index in [1.165, 1.54) is 11.3 Å². The van der Waals surface area contributed by atoms with Crippen LogP contribution in [0.5, 0.6) is 0 Å². The van der Waals surface area contributed by atoms with Crippen molar-refractivity contribution in [2.24, 2.45) is 7.05 Å². The van der Waals surface area contributed by atoms with Gasteiger partial charge in [0.1, 0.15) is 0 Å². The molecule has 0 bridgehead atoms. The Morgan fingerprint density at radius 3 is 2.94 bits per heavy atom. The van der Waals surface area contributed by atoms with Crippen LogP contribution in [0.15, 0.2) is 22.9 Å². The number of aromatic nitrogens is 2. The average Bonchev–Trinajstić information content (AvgIpc) is 2.89. The third-order valence-corrected chi connectivity index (χ3v) is 3.34. The molecule has 0 unspecified atom stereocenters. The minimum Gasteiger partial charge on any atom is -0.307 e. The molecular weight excluding hydrogens is 218 g/mol. The van der Waals surface area contributed by atoms with Gasteiger partial charge in [-0.3, -0.25) is 4.68 Å². The van der Waals surface area contributed by atoms with Gasteiger partial charge in [-0.1, -0.05) is 6.92 Å². The van der Waals surface area contributed by atoms with E-state index in [1.807, 2.05) is 11.7 Å². The van der Waals surface area contributed by atoms with Crippen LogP contribution in [-0.4, -0.2) is 9.78 Å². The Kier molecular flexibility index (Phi) is 3.74. The summed E-state index contributed by atoms with van der Waals surface area (Å²) in [5.74, 6) is 0. The van der Waals surface area contributed by atoms with Crippen molar-refractivity contribution in [3.63, 3.8) is 0 Å². The summed E-state index contributed by atoms with van der Waals surface area (Å²) in [6, 6.07) is 4.32. The Bertz CT molecular complexity index is 431. The molecule has 0 aliphatic carbocycles. The highest BCUT2D eigenvalue weighted by atomic mass is 32.1. The van der Waals surface area contributed by atoms with Crippen LogP contribution in [-0.2, 0) is 26.6 Å². The van der Waals surface area contributed by atoms with E-state index in [4.69, 9.17) is 0 Å². The maximum absolute atomic E-state index is 4.42. The normalized spacial score (nSPS) is 10.9. The molecule has 3 nitrogen and oxygen atoms in total. The summed E-state index contributed by atoms with van der Waals surface area (Å²) in [6.45, 7) is 3.93. The van der Waals surface area contributed by atoms with E-state index in [0.717, 1.165) is 25.2 Å². The van der Waals surface area contributed by atoms with Gasteiger partial charge in [0.05, 0.1) is 11.4 Å². The SMILES string of the molecule is CCc1cc(CNCc2ccsc2)n(C)n1. The molecule has 1 N–H and O–H groups in total. The van der Waals surface area contributed by atoms with Crippen molar-refractivity contribution >= 4 is 11.3 Å². The number of thiophene rings is 1. The first-order valence-corrected chi connectivity index (χ1v) is 6.47. The molecule has 0 amide bonds. The van der Waals surface area contributed by atoms with Crippen LogP contribution >= 0.6 is 11.3 Å². The summed E-state index contributed by atoms with van der Waals surface area (Å²) in [5.41, 5.74) is 3.75. The van der Waals surface area contributed by atoms with Crippen LogP contribution < -0.4 is 5.32 Å². The molecule has 16 heavy (non-hydrogen) atoms. The second kappa shape index (κ2) is 5.27. The van der Waals surface area contributed by atoms with Crippen molar-refractivity contribution in [1.82, 2.24) is 15.1 Å². The summed E-state index contributed by atoms with van der Waals surface area (Å²) in [4.78, 5) is 0. The molecule has 2 aromatic rings. The van der Waals surface area contributed by atoms with Crippen LogP contribution in [0.1, 0.15) is 23.9 Å². The van der Waals surface area contributed by atoms with Crippen LogP contribution in [0.2, 0.25) is 0 Å². The first kappa shape index (κ1) is 11.4. The lowest BCUT2D eigenvalue weighted by Gasteiger charge is -2.03. The number of hydrogen-bond donors (Lipinski definition) is 1. The van der Waals surface area contributed by atoms with Gasteiger partial charge in [-0.25, -0.2) is 0 Å². The third-order valence-electron chi connectivity index (χ3n) is 2.60. The molecule has 0 saturated heterocycles. The van der Waals surface area contributed by atoms with Crippen molar-refractivity contribution in [3.8, 4) is 0 Å². The maximum Gasteiger partial charge on any atom is 0.0625 e. The first-order valence-electron chi connectivity index (χ1n) is 5.53. The predicted octanol–water partition coefficient (Wildman–Crippen LogP) is 2.33. The fourth-order valence-corrected chi connectivity index (χ4v) is 2.31. The zero-order valence-corrected chi connectivity index (χ0v) is 10.5. The molecule has 0 fully saturated rings. The molecule has 0 saturated carbocycles. The molecule has 2 heterocycles. The molecule has 0 aliphatic heterocycles. The highest BCUT2D eigenvalue weighted by Gasteiger charge is 2.02. The molecule has 86 valence electrons. The molecule has 2 aromatic heterocycles. The van der Waals surface area contributed by atoms with Gasteiger partial charge in [0.25, 0.3) is 0 Å². The number of aryl methyl sites for hydroxylation is 2. The van der Waals surface area contributed by atoms with Gasteiger partial charge >= 0.3 is 0 Å². The highest BCUT2D eigenvalue weighted by Crippen LogP contribution is 2.07. The van der Waals surface area contributed by atoms with Gasteiger partial charge in [0, 0.05) is 20.1 Å². The van der Waals surface area contributed by atoms with E-state index in [1.54, 1.807) is 11.3 Å². The van der Waals surface area contributed by atoms with Crippen molar-refractivity contribution in [2.45, 2.75) is 26.4 Å². The first-order chi connectivity index (χ1) is 7.79. The Labute approximate surface area is 100 Å². The number of hydrogen-bond acceptors (Lipinski definition) is 3. The van der Waals surface area contributed by atoms with Gasteiger partial charge in [-0.15, -0.1) is 0 Å². The molecule has 2 rings (SSSR count). The lowest BCUT2D eigenvalue weighted by Crippen LogP contribution is -2.14. The van der Waals surface area contributed by atoms with Crippen LogP contribution in [0.3, 0.4) is 0 Å². The average molecular weight is 235 g/mol. The number of nitrogens with zero attached hydrogens (tertiary/aromatic N) is 2. The second-order valence-corrected chi connectivity index (χ2v) is 4.62. The highest BCUT2D eigenvalue weighted by molar-refractivity contribution is 7.07. The van der Waals surface area contributed by atoms with E-state index in [0.29, 0.717) is 0 Å². The lowest BCUT2D eigenvalue weighted by atomic mass is 10.3. The fraction of sp³-hybridized carbons (Fsp3) is 0.417. The van der Waals surface area contributed by atoms with E-state index in [9.17, 15) is 0 Å². The Hall–Kier alpha value is -1.13. The van der Waals surface area contributed by atoms with Crippen LogP contribution in [0, 0.1) is 0 Å². The largest absolute Gasteiger partial charge is 0.307 e. The standard InChI is InChI=1S/C12H17N3S/c1-3-11-6-12(15(2)14-11)8-13-7-10-4-5-16-9-10/h4-6,9,13H,3,7-8H2,1-2H3. The molecule has 0 aromatic carbocycles. The van der Waals surface area contributed by atoms with Crippen molar-refractivity contribution < 1.29 is 0 Å². The summed E-state index contributed by atoms with van der Waals surface area (Å²) in [6.07, 6.45) is 0.998. The topological polar surface area (TPSA) is 29.9 Å². The smallest absolute Gasteiger partial charge is 0.0625 e. The molecule has 4 heteroatoms. The third kappa shape index (κ3) is 2.71. The van der Waals surface area contributed by atoms with Gasteiger partial charge in [0.2, 0.25) is 0 Å².